The molecule has 2 aromatic rings. The number of aromatic carboxylic acids is 1. The number of allylic oxidation sites excluding steroid dienone is 2. The zero-order valence-corrected chi connectivity index (χ0v) is 15.6. The maximum absolute atomic E-state index is 11.2. The maximum Gasteiger partial charge on any atom is 1.00 e. The molecule has 0 saturated carbocycles. The largest absolute Gasteiger partial charge is 1.00 e. The van der Waals surface area contributed by atoms with Gasteiger partial charge in [0.1, 0.15) is 11.9 Å². The number of rotatable bonds is 2. The predicted octanol–water partition coefficient (Wildman–Crippen LogP) is 0.492. The molecule has 1 aliphatic heterocycles. The molecule has 0 amide bonds. The third-order valence-electron chi connectivity index (χ3n) is 3.95. The van der Waals surface area contributed by atoms with Crippen LogP contribution in [0, 0.1) is 0 Å². The first-order valence-electron chi connectivity index (χ1n) is 7.22. The van der Waals surface area contributed by atoms with Crippen LogP contribution in [-0.4, -0.2) is 5.97 Å². The Bertz CT molecular complexity index is 819. The van der Waals surface area contributed by atoms with Crippen LogP contribution in [0.3, 0.4) is 0 Å². The Labute approximate surface area is 160 Å². The van der Waals surface area contributed by atoms with Crippen LogP contribution < -0.4 is 39.4 Å². The maximum atomic E-state index is 11.2. The fraction of sp³-hybridized carbons (Fsp3) is 0.167. The van der Waals surface area contributed by atoms with Gasteiger partial charge in [-0.15, -0.1) is 11.3 Å². The van der Waals surface area contributed by atoms with Gasteiger partial charge in [0.25, 0.3) is 0 Å². The van der Waals surface area contributed by atoms with Crippen LogP contribution in [0.2, 0.25) is 0 Å². The van der Waals surface area contributed by atoms with E-state index in [0.717, 1.165) is 40.2 Å². The average molecular weight is 332 g/mol. The molecule has 1 atom stereocenters. The number of carboxylic acid groups (broad SMARTS) is 1. The topological polar surface area (TPSA) is 49.4 Å². The van der Waals surface area contributed by atoms with E-state index in [9.17, 15) is 9.90 Å². The number of carbonyl (C=O) groups is 1. The van der Waals surface area contributed by atoms with Gasteiger partial charge < -0.3 is 14.6 Å². The minimum absolute atomic E-state index is 0. The van der Waals surface area contributed by atoms with Crippen molar-refractivity contribution < 1.29 is 44.2 Å². The molecule has 0 N–H and O–H groups in total. The Morgan fingerprint density at radius 1 is 1.26 bits per heavy atom. The average Bonchev–Trinajstić information content (AvgIpc) is 3.01. The molecule has 1 aromatic carbocycles. The summed E-state index contributed by atoms with van der Waals surface area (Å²) in [5.74, 6) is -0.338. The van der Waals surface area contributed by atoms with Gasteiger partial charge in [0.2, 0.25) is 0 Å². The number of ether oxygens (including phenoxy) is 1. The number of benzene rings is 1. The molecule has 1 aliphatic carbocycles. The SMILES string of the molecule is O=C([O-])c1cc2c(s1)-c1ccccc1OC2C1=CCCC=C1.[Na+]. The molecule has 0 saturated heterocycles. The minimum Gasteiger partial charge on any atom is -0.544 e. The molecular formula is C18H13NaO3S. The molecule has 3 nitrogen and oxygen atoms in total. The minimum atomic E-state index is -1.14. The van der Waals surface area contributed by atoms with Crippen LogP contribution >= 0.6 is 11.3 Å². The molecule has 23 heavy (non-hydrogen) atoms. The fourth-order valence-corrected chi connectivity index (χ4v) is 3.99. The molecule has 0 fully saturated rings. The van der Waals surface area contributed by atoms with Crippen LogP contribution in [0.25, 0.3) is 10.4 Å². The van der Waals surface area contributed by atoms with Gasteiger partial charge >= 0.3 is 29.6 Å². The molecule has 4 rings (SSSR count). The number of hydrogen-bond donors (Lipinski definition) is 0. The van der Waals surface area contributed by atoms with E-state index < -0.39 is 5.97 Å². The first-order chi connectivity index (χ1) is 10.7. The summed E-state index contributed by atoms with van der Waals surface area (Å²) in [7, 11) is 0. The molecule has 1 unspecified atom stereocenters. The van der Waals surface area contributed by atoms with E-state index in [-0.39, 0.29) is 40.5 Å². The molecule has 5 heteroatoms. The Kier molecular flexibility index (Phi) is 4.78. The molecule has 1 aromatic heterocycles. The van der Waals surface area contributed by atoms with Gasteiger partial charge in [0.05, 0.1) is 10.8 Å². The molecular weight excluding hydrogens is 319 g/mol. The third kappa shape index (κ3) is 2.92. The quantitative estimate of drug-likeness (QED) is 0.752. The van der Waals surface area contributed by atoms with E-state index in [1.165, 1.54) is 11.3 Å². The molecule has 0 spiro atoms. The van der Waals surface area contributed by atoms with Crippen molar-refractivity contribution in [2.45, 2.75) is 18.9 Å². The fourth-order valence-electron chi connectivity index (χ4n) is 2.93. The number of carboxylic acids is 1. The normalized spacial score (nSPS) is 18.1. The van der Waals surface area contributed by atoms with Gasteiger partial charge in [0.15, 0.2) is 0 Å². The van der Waals surface area contributed by atoms with Crippen LogP contribution in [0.4, 0.5) is 0 Å². The first kappa shape index (κ1) is 16.5. The standard InChI is InChI=1S/C18H14O3S.Na/c19-18(20)15-10-13-16(11-6-2-1-3-7-11)21-14-9-5-4-8-12(14)17(13)22-15;/h2,4-10,16H,1,3H2,(H,19,20);/q;+1/p-1. The van der Waals surface area contributed by atoms with Crippen molar-refractivity contribution in [3.8, 4) is 16.2 Å². The number of thiophene rings is 1. The summed E-state index contributed by atoms with van der Waals surface area (Å²) < 4.78 is 6.16. The van der Waals surface area contributed by atoms with Gasteiger partial charge in [-0.1, -0.05) is 30.4 Å². The van der Waals surface area contributed by atoms with Crippen molar-refractivity contribution in [1.29, 1.82) is 0 Å². The molecule has 2 heterocycles. The van der Waals surface area contributed by atoms with Gasteiger partial charge in [-0.25, -0.2) is 0 Å². The molecule has 0 radical (unpaired) electrons. The number of fused-ring (bicyclic) bond motifs is 3. The van der Waals surface area contributed by atoms with Crippen molar-refractivity contribution in [2.24, 2.45) is 0 Å². The van der Waals surface area contributed by atoms with Crippen LogP contribution in [0.15, 0.2) is 54.1 Å². The van der Waals surface area contributed by atoms with Crippen LogP contribution in [0.1, 0.15) is 34.2 Å². The Morgan fingerprint density at radius 3 is 2.83 bits per heavy atom. The predicted molar refractivity (Wildman–Crippen MR) is 83.9 cm³/mol. The summed E-state index contributed by atoms with van der Waals surface area (Å²) in [6, 6.07) is 9.45. The number of carbonyl (C=O) groups excluding carboxylic acids is 1. The Morgan fingerprint density at radius 2 is 2.09 bits per heavy atom. The van der Waals surface area contributed by atoms with Crippen molar-refractivity contribution in [3.05, 3.63) is 64.6 Å². The Hall–Kier alpha value is -1.33. The van der Waals surface area contributed by atoms with E-state index in [1.54, 1.807) is 6.07 Å². The van der Waals surface area contributed by atoms with Crippen molar-refractivity contribution in [3.63, 3.8) is 0 Å². The van der Waals surface area contributed by atoms with Crippen LogP contribution in [-0.2, 0) is 0 Å². The van der Waals surface area contributed by atoms with Gasteiger partial charge in [-0.05, 0) is 36.6 Å². The van der Waals surface area contributed by atoms with E-state index in [2.05, 4.69) is 18.2 Å². The number of para-hydroxylation sites is 1. The second-order valence-corrected chi connectivity index (χ2v) is 6.41. The molecule has 2 aliphatic rings. The van der Waals surface area contributed by atoms with Crippen molar-refractivity contribution in [2.75, 3.05) is 0 Å². The Balaban J connectivity index is 0.00000156. The monoisotopic (exact) mass is 332 g/mol. The van der Waals surface area contributed by atoms with Gasteiger partial charge in [0, 0.05) is 16.0 Å². The number of hydrogen-bond acceptors (Lipinski definition) is 4. The summed E-state index contributed by atoms with van der Waals surface area (Å²) >= 11 is 1.26. The second-order valence-electron chi connectivity index (χ2n) is 5.36. The zero-order valence-electron chi connectivity index (χ0n) is 12.7. The van der Waals surface area contributed by atoms with E-state index in [0.29, 0.717) is 0 Å². The van der Waals surface area contributed by atoms with Crippen molar-refractivity contribution >= 4 is 17.3 Å². The van der Waals surface area contributed by atoms with E-state index >= 15 is 0 Å². The van der Waals surface area contributed by atoms with Gasteiger partial charge in [-0.3, -0.25) is 0 Å². The first-order valence-corrected chi connectivity index (χ1v) is 8.03. The van der Waals surface area contributed by atoms with E-state index in [4.69, 9.17) is 4.74 Å². The summed E-state index contributed by atoms with van der Waals surface area (Å²) in [6.07, 6.45) is 8.14. The smallest absolute Gasteiger partial charge is 0.544 e. The molecule has 110 valence electrons. The third-order valence-corrected chi connectivity index (χ3v) is 5.11. The zero-order chi connectivity index (χ0) is 15.1. The van der Waals surface area contributed by atoms with Crippen molar-refractivity contribution in [1.82, 2.24) is 0 Å². The summed E-state index contributed by atoms with van der Waals surface area (Å²) in [5, 5.41) is 11.2. The summed E-state index contributed by atoms with van der Waals surface area (Å²) in [5.41, 5.74) is 2.96. The van der Waals surface area contributed by atoms with Gasteiger partial charge in [-0.2, -0.15) is 0 Å². The van der Waals surface area contributed by atoms with Crippen LogP contribution in [0.5, 0.6) is 5.75 Å². The summed E-state index contributed by atoms with van der Waals surface area (Å²) in [6.45, 7) is 0. The second kappa shape index (κ2) is 6.65. The van der Waals surface area contributed by atoms with E-state index in [1.807, 2.05) is 24.3 Å². The molecule has 0 bridgehead atoms. The summed E-state index contributed by atoms with van der Waals surface area (Å²) in [4.78, 5) is 12.5.